The number of carbonyl (C=O) groups is 2. The van der Waals surface area contributed by atoms with Crippen LogP contribution < -0.4 is 10.1 Å². The quantitative estimate of drug-likeness (QED) is 0.392. The van der Waals surface area contributed by atoms with Crippen LogP contribution in [-0.2, 0) is 17.6 Å². The van der Waals surface area contributed by atoms with Gasteiger partial charge in [0, 0.05) is 17.5 Å². The van der Waals surface area contributed by atoms with Gasteiger partial charge in [-0.15, -0.1) is 11.3 Å². The molecule has 0 unspecified atom stereocenters. The predicted octanol–water partition coefficient (Wildman–Crippen LogP) is 4.03. The molecule has 0 saturated carbocycles. The Labute approximate surface area is 178 Å². The van der Waals surface area contributed by atoms with E-state index in [4.69, 9.17) is 4.74 Å². The van der Waals surface area contributed by atoms with E-state index in [1.54, 1.807) is 31.4 Å². The number of methoxy groups -OCH3 is 1. The van der Waals surface area contributed by atoms with Crippen LogP contribution in [0.5, 0.6) is 5.75 Å². The van der Waals surface area contributed by atoms with Crippen molar-refractivity contribution in [2.45, 2.75) is 17.2 Å². The third-order valence-corrected chi connectivity index (χ3v) is 6.26. The van der Waals surface area contributed by atoms with Gasteiger partial charge in [0.15, 0.2) is 10.1 Å². The summed E-state index contributed by atoms with van der Waals surface area (Å²) in [6.07, 6.45) is 1.05. The number of hydrogen-bond donors (Lipinski definition) is 1. The monoisotopic (exact) mass is 426 g/mol. The highest BCUT2D eigenvalue weighted by Gasteiger charge is 2.11. The lowest BCUT2D eigenvalue weighted by atomic mass is 10.1. The number of benzene rings is 2. The van der Waals surface area contributed by atoms with Gasteiger partial charge in [-0.05, 0) is 36.2 Å². The van der Waals surface area contributed by atoms with Crippen molar-refractivity contribution >= 4 is 34.8 Å². The van der Waals surface area contributed by atoms with Crippen LogP contribution in [0.2, 0.25) is 0 Å². The van der Waals surface area contributed by atoms with Crippen LogP contribution in [-0.4, -0.2) is 36.1 Å². The molecule has 0 spiro atoms. The minimum Gasteiger partial charge on any atom is -0.497 e. The van der Waals surface area contributed by atoms with Crippen LogP contribution in [0.25, 0.3) is 0 Å². The predicted molar refractivity (Wildman–Crippen MR) is 117 cm³/mol. The van der Waals surface area contributed by atoms with Crippen molar-refractivity contribution in [2.24, 2.45) is 0 Å². The molecule has 29 heavy (non-hydrogen) atoms. The minimum absolute atomic E-state index is 0.0352. The number of ether oxygens (including phenoxy) is 1. The molecule has 3 rings (SSSR count). The molecule has 0 aliphatic heterocycles. The number of nitrogens with zero attached hydrogens (tertiary/aromatic N) is 1. The van der Waals surface area contributed by atoms with E-state index in [-0.39, 0.29) is 18.1 Å². The van der Waals surface area contributed by atoms with Crippen molar-refractivity contribution in [1.29, 1.82) is 0 Å². The van der Waals surface area contributed by atoms with Crippen LogP contribution in [0.4, 0.5) is 0 Å². The summed E-state index contributed by atoms with van der Waals surface area (Å²) in [6, 6.07) is 17.1. The van der Waals surface area contributed by atoms with Crippen molar-refractivity contribution < 1.29 is 14.3 Å². The summed E-state index contributed by atoms with van der Waals surface area (Å²) in [6.45, 7) is 0.602. The lowest BCUT2D eigenvalue weighted by Crippen LogP contribution is -2.27. The number of rotatable bonds is 10. The zero-order valence-corrected chi connectivity index (χ0v) is 17.7. The van der Waals surface area contributed by atoms with Gasteiger partial charge in [0.05, 0.1) is 25.0 Å². The lowest BCUT2D eigenvalue weighted by Gasteiger charge is -2.04. The zero-order valence-electron chi connectivity index (χ0n) is 16.1. The van der Waals surface area contributed by atoms with Crippen LogP contribution in [0.1, 0.15) is 21.6 Å². The van der Waals surface area contributed by atoms with Gasteiger partial charge in [-0.2, -0.15) is 0 Å². The van der Waals surface area contributed by atoms with Crippen molar-refractivity contribution in [1.82, 2.24) is 10.3 Å². The van der Waals surface area contributed by atoms with Crippen molar-refractivity contribution in [2.75, 3.05) is 19.4 Å². The fraction of sp³-hybridized carbons (Fsp3) is 0.227. The molecule has 0 radical (unpaired) electrons. The van der Waals surface area contributed by atoms with E-state index in [0.29, 0.717) is 17.9 Å². The standard InChI is InChI=1S/C22H22N2O3S2/c1-27-19-9-7-17(8-10-19)20(25)15-29-22-24-18(14-28-22)13-21(26)23-12-11-16-5-3-2-4-6-16/h2-10,14H,11-13,15H2,1H3,(H,23,26). The Kier molecular flexibility index (Phi) is 7.84. The van der Waals surface area contributed by atoms with E-state index in [2.05, 4.69) is 10.3 Å². The van der Waals surface area contributed by atoms with Gasteiger partial charge in [0.1, 0.15) is 5.75 Å². The van der Waals surface area contributed by atoms with E-state index in [1.807, 2.05) is 35.7 Å². The summed E-state index contributed by atoms with van der Waals surface area (Å²) in [7, 11) is 1.59. The van der Waals surface area contributed by atoms with Gasteiger partial charge in [0.25, 0.3) is 0 Å². The molecule has 0 aliphatic carbocycles. The summed E-state index contributed by atoms with van der Waals surface area (Å²) >= 11 is 2.85. The molecular formula is C22H22N2O3S2. The van der Waals surface area contributed by atoms with E-state index in [9.17, 15) is 9.59 Å². The summed E-state index contributed by atoms with van der Waals surface area (Å²) < 4.78 is 5.89. The van der Waals surface area contributed by atoms with Crippen molar-refractivity contribution in [3.05, 3.63) is 76.8 Å². The molecule has 1 aromatic heterocycles. The number of nitrogens with one attached hydrogen (secondary N) is 1. The Morgan fingerprint density at radius 1 is 1.10 bits per heavy atom. The largest absolute Gasteiger partial charge is 0.497 e. The first-order valence-electron chi connectivity index (χ1n) is 9.19. The molecule has 7 heteroatoms. The lowest BCUT2D eigenvalue weighted by molar-refractivity contribution is -0.120. The average molecular weight is 427 g/mol. The second kappa shape index (κ2) is 10.8. The maximum atomic E-state index is 12.3. The Morgan fingerprint density at radius 2 is 1.86 bits per heavy atom. The second-order valence-electron chi connectivity index (χ2n) is 6.31. The number of amides is 1. The Bertz CT molecular complexity index is 940. The molecule has 0 saturated heterocycles. The van der Waals surface area contributed by atoms with Crippen LogP contribution in [0.3, 0.4) is 0 Å². The van der Waals surface area contributed by atoms with Crippen LogP contribution >= 0.6 is 23.1 Å². The summed E-state index contributed by atoms with van der Waals surface area (Å²) in [5.74, 6) is 1.02. The van der Waals surface area contributed by atoms with Crippen molar-refractivity contribution in [3.8, 4) is 5.75 Å². The van der Waals surface area contributed by atoms with Gasteiger partial charge in [-0.3, -0.25) is 9.59 Å². The fourth-order valence-electron chi connectivity index (χ4n) is 2.64. The molecule has 2 aromatic carbocycles. The first-order chi connectivity index (χ1) is 14.1. The maximum Gasteiger partial charge on any atom is 0.226 e. The first-order valence-corrected chi connectivity index (χ1v) is 11.1. The molecule has 1 N–H and O–H groups in total. The number of hydrogen-bond acceptors (Lipinski definition) is 6. The molecule has 0 atom stereocenters. The van der Waals surface area contributed by atoms with Gasteiger partial charge in [-0.25, -0.2) is 4.98 Å². The van der Waals surface area contributed by atoms with Gasteiger partial charge in [0.2, 0.25) is 5.91 Å². The Morgan fingerprint density at radius 3 is 2.59 bits per heavy atom. The van der Waals surface area contributed by atoms with E-state index >= 15 is 0 Å². The normalized spacial score (nSPS) is 10.5. The minimum atomic E-state index is -0.0444. The maximum absolute atomic E-state index is 12.3. The molecular weight excluding hydrogens is 404 g/mol. The average Bonchev–Trinajstić information content (AvgIpc) is 3.20. The van der Waals surface area contributed by atoms with Crippen LogP contribution in [0.15, 0.2) is 64.3 Å². The number of carbonyl (C=O) groups excluding carboxylic acids is 2. The van der Waals surface area contributed by atoms with E-state index < -0.39 is 0 Å². The molecule has 1 amide bonds. The number of ketones is 1. The number of Topliss-reactive ketones (excluding diaryl/α,β-unsaturated/α-hetero) is 1. The molecule has 0 aliphatic rings. The second-order valence-corrected chi connectivity index (χ2v) is 8.39. The molecule has 3 aromatic rings. The van der Waals surface area contributed by atoms with Crippen molar-refractivity contribution in [3.63, 3.8) is 0 Å². The van der Waals surface area contributed by atoms with E-state index in [1.165, 1.54) is 28.7 Å². The Hall–Kier alpha value is -2.64. The topological polar surface area (TPSA) is 68.3 Å². The summed E-state index contributed by atoms with van der Waals surface area (Å²) in [5, 5.41) is 4.80. The number of thioether (sulfide) groups is 1. The summed E-state index contributed by atoms with van der Waals surface area (Å²) in [5.41, 5.74) is 2.57. The van der Waals surface area contributed by atoms with E-state index in [0.717, 1.165) is 22.2 Å². The number of thiazole rings is 1. The SMILES string of the molecule is COc1ccc(C(=O)CSc2nc(CC(=O)NCCc3ccccc3)cs2)cc1. The third-order valence-electron chi connectivity index (χ3n) is 4.19. The Balaban J connectivity index is 1.41. The van der Waals surface area contributed by atoms with Crippen LogP contribution in [0, 0.1) is 0 Å². The third kappa shape index (κ3) is 6.73. The highest BCUT2D eigenvalue weighted by molar-refractivity contribution is 8.01. The molecule has 5 nitrogen and oxygen atoms in total. The molecule has 150 valence electrons. The zero-order chi connectivity index (χ0) is 20.5. The van der Waals surface area contributed by atoms with Gasteiger partial charge < -0.3 is 10.1 Å². The van der Waals surface area contributed by atoms with Gasteiger partial charge in [-0.1, -0.05) is 42.1 Å². The molecule has 1 heterocycles. The first kappa shape index (κ1) is 21.1. The highest BCUT2D eigenvalue weighted by atomic mass is 32.2. The smallest absolute Gasteiger partial charge is 0.226 e. The molecule has 0 fully saturated rings. The molecule has 0 bridgehead atoms. The fourth-order valence-corrected chi connectivity index (χ4v) is 4.38. The number of aromatic nitrogens is 1. The highest BCUT2D eigenvalue weighted by Crippen LogP contribution is 2.24. The summed E-state index contributed by atoms with van der Waals surface area (Å²) in [4.78, 5) is 28.8. The van der Waals surface area contributed by atoms with Gasteiger partial charge >= 0.3 is 0 Å².